The highest BCUT2D eigenvalue weighted by Crippen LogP contribution is 2.38. The van der Waals surface area contributed by atoms with Gasteiger partial charge >= 0.3 is 6.03 Å². The largest absolute Gasteiger partial charge is 0.454 e. The monoisotopic (exact) mass is 313 g/mol. The molecule has 1 aromatic carbocycles. The van der Waals surface area contributed by atoms with Gasteiger partial charge in [-0.2, -0.15) is 0 Å². The summed E-state index contributed by atoms with van der Waals surface area (Å²) >= 11 is 0. The van der Waals surface area contributed by atoms with Crippen LogP contribution in [0.3, 0.4) is 0 Å². The van der Waals surface area contributed by atoms with Crippen LogP contribution in [-0.2, 0) is 13.0 Å². The van der Waals surface area contributed by atoms with Crippen molar-refractivity contribution in [2.45, 2.75) is 19.9 Å². The van der Waals surface area contributed by atoms with E-state index in [0.717, 1.165) is 40.1 Å². The van der Waals surface area contributed by atoms with Crippen molar-refractivity contribution in [1.29, 1.82) is 0 Å². The molecule has 6 nitrogen and oxygen atoms in total. The molecule has 2 amide bonds. The van der Waals surface area contributed by atoms with E-state index in [1.165, 1.54) is 5.56 Å². The van der Waals surface area contributed by atoms with Gasteiger partial charge in [-0.1, -0.05) is 0 Å². The number of nitrogens with zero attached hydrogens (tertiary/aromatic N) is 3. The van der Waals surface area contributed by atoms with Crippen molar-refractivity contribution >= 4 is 16.9 Å². The second-order valence-electron chi connectivity index (χ2n) is 6.23. The number of aromatic nitrogens is 1. The minimum Gasteiger partial charge on any atom is -0.454 e. The molecule has 0 fully saturated rings. The first-order valence-electron chi connectivity index (χ1n) is 7.72. The number of fused-ring (bicyclic) bond motifs is 3. The maximum Gasteiger partial charge on any atom is 0.319 e. The molecule has 0 saturated heterocycles. The first-order valence-corrected chi connectivity index (χ1v) is 7.72. The third kappa shape index (κ3) is 2.17. The quantitative estimate of drug-likeness (QED) is 0.749. The van der Waals surface area contributed by atoms with Gasteiger partial charge in [-0.3, -0.25) is 4.98 Å². The third-order valence-electron chi connectivity index (χ3n) is 4.57. The summed E-state index contributed by atoms with van der Waals surface area (Å²) in [6.07, 6.45) is 0.778. The van der Waals surface area contributed by atoms with Crippen molar-refractivity contribution in [2.24, 2.45) is 0 Å². The first kappa shape index (κ1) is 14.1. The zero-order valence-electron chi connectivity index (χ0n) is 13.5. The number of carbonyl (C=O) groups excluding carboxylic acids is 1. The lowest BCUT2D eigenvalue weighted by atomic mass is 9.96. The summed E-state index contributed by atoms with van der Waals surface area (Å²) in [4.78, 5) is 20.5. The Balaban J connectivity index is 1.80. The first-order chi connectivity index (χ1) is 11.0. The number of benzene rings is 1. The number of amides is 2. The topological polar surface area (TPSA) is 54.9 Å². The van der Waals surface area contributed by atoms with Crippen molar-refractivity contribution in [2.75, 3.05) is 27.4 Å². The summed E-state index contributed by atoms with van der Waals surface area (Å²) in [7, 11) is 3.56. The molecular weight excluding hydrogens is 294 g/mol. The minimum atomic E-state index is 0.0424. The molecule has 0 aliphatic carbocycles. The van der Waals surface area contributed by atoms with E-state index in [1.807, 2.05) is 17.0 Å². The molecule has 0 atom stereocenters. The summed E-state index contributed by atoms with van der Waals surface area (Å²) in [5.41, 5.74) is 4.33. The Kier molecular flexibility index (Phi) is 3.07. The van der Waals surface area contributed by atoms with Crippen LogP contribution in [0.1, 0.15) is 16.8 Å². The lowest BCUT2D eigenvalue weighted by molar-refractivity contribution is 0.165. The molecule has 2 aromatic rings. The number of rotatable bonds is 0. The molecule has 0 unspecified atom stereocenters. The molecule has 2 aliphatic heterocycles. The number of aryl methyl sites for hydroxylation is 1. The fraction of sp³-hybridized carbons (Fsp3) is 0.412. The van der Waals surface area contributed by atoms with E-state index < -0.39 is 0 Å². The Bertz CT molecular complexity index is 817. The van der Waals surface area contributed by atoms with Gasteiger partial charge < -0.3 is 19.3 Å². The molecule has 0 radical (unpaired) electrons. The van der Waals surface area contributed by atoms with Crippen LogP contribution in [0.15, 0.2) is 12.1 Å². The number of pyridine rings is 1. The Morgan fingerprint density at radius 3 is 2.74 bits per heavy atom. The lowest BCUT2D eigenvalue weighted by Crippen LogP contribution is -2.42. The fourth-order valence-electron chi connectivity index (χ4n) is 3.29. The maximum atomic E-state index is 12.2. The predicted molar refractivity (Wildman–Crippen MR) is 85.8 cm³/mol. The van der Waals surface area contributed by atoms with Crippen molar-refractivity contribution in [3.63, 3.8) is 0 Å². The average molecular weight is 313 g/mol. The Morgan fingerprint density at radius 1 is 1.26 bits per heavy atom. The third-order valence-corrected chi connectivity index (χ3v) is 4.57. The molecule has 0 N–H and O–H groups in total. The number of hydrogen-bond acceptors (Lipinski definition) is 4. The molecular formula is C17H19N3O3. The average Bonchev–Trinajstić information content (AvgIpc) is 2.99. The highest BCUT2D eigenvalue weighted by Gasteiger charge is 2.26. The SMILES string of the molecule is Cc1c2c(nc3cc4c(cc13)OCO4)CCN(C(=O)N(C)C)C2. The highest BCUT2D eigenvalue weighted by atomic mass is 16.7. The van der Waals surface area contributed by atoms with E-state index >= 15 is 0 Å². The zero-order valence-corrected chi connectivity index (χ0v) is 13.5. The predicted octanol–water partition coefficient (Wildman–Crippen LogP) is 2.31. The van der Waals surface area contributed by atoms with Crippen LogP contribution in [0.25, 0.3) is 10.9 Å². The van der Waals surface area contributed by atoms with Gasteiger partial charge in [0.05, 0.1) is 5.52 Å². The molecule has 1 aromatic heterocycles. The van der Waals surface area contributed by atoms with Gasteiger partial charge in [0, 0.05) is 50.8 Å². The van der Waals surface area contributed by atoms with E-state index in [9.17, 15) is 4.79 Å². The minimum absolute atomic E-state index is 0.0424. The summed E-state index contributed by atoms with van der Waals surface area (Å²) < 4.78 is 10.9. The van der Waals surface area contributed by atoms with Crippen molar-refractivity contribution < 1.29 is 14.3 Å². The van der Waals surface area contributed by atoms with E-state index in [4.69, 9.17) is 14.5 Å². The molecule has 120 valence electrons. The molecule has 0 spiro atoms. The van der Waals surface area contributed by atoms with Crippen LogP contribution in [-0.4, -0.2) is 48.2 Å². The lowest BCUT2D eigenvalue weighted by Gasteiger charge is -2.31. The van der Waals surface area contributed by atoms with E-state index in [2.05, 4.69) is 6.92 Å². The Labute approximate surface area is 134 Å². The normalized spacial score (nSPS) is 15.7. The second kappa shape index (κ2) is 5.01. The molecule has 23 heavy (non-hydrogen) atoms. The van der Waals surface area contributed by atoms with Gasteiger partial charge in [-0.05, 0) is 24.1 Å². The van der Waals surface area contributed by atoms with Gasteiger partial charge in [-0.15, -0.1) is 0 Å². The smallest absolute Gasteiger partial charge is 0.319 e. The van der Waals surface area contributed by atoms with Crippen LogP contribution >= 0.6 is 0 Å². The molecule has 0 saturated carbocycles. The molecule has 3 heterocycles. The number of urea groups is 1. The highest BCUT2D eigenvalue weighted by molar-refractivity contribution is 5.87. The van der Waals surface area contributed by atoms with E-state index in [0.29, 0.717) is 13.1 Å². The van der Waals surface area contributed by atoms with Crippen LogP contribution in [0.5, 0.6) is 11.5 Å². The summed E-state index contributed by atoms with van der Waals surface area (Å²) in [6.45, 7) is 3.66. The standard InChI is InChI=1S/C17H19N3O3/c1-10-11-6-15-16(23-9-22-15)7-14(11)18-13-4-5-20(8-12(10)13)17(21)19(2)3/h6-7H,4-5,8-9H2,1-3H3. The Morgan fingerprint density at radius 2 is 2.00 bits per heavy atom. The fourth-order valence-corrected chi connectivity index (χ4v) is 3.29. The van der Waals surface area contributed by atoms with Gasteiger partial charge in [0.1, 0.15) is 0 Å². The summed E-state index contributed by atoms with van der Waals surface area (Å²) in [5.74, 6) is 1.52. The van der Waals surface area contributed by atoms with Gasteiger partial charge in [0.15, 0.2) is 11.5 Å². The van der Waals surface area contributed by atoms with E-state index in [1.54, 1.807) is 19.0 Å². The van der Waals surface area contributed by atoms with Crippen LogP contribution in [0.2, 0.25) is 0 Å². The summed E-state index contributed by atoms with van der Waals surface area (Å²) in [5, 5.41) is 1.06. The number of ether oxygens (including phenoxy) is 2. The number of carbonyl (C=O) groups is 1. The van der Waals surface area contributed by atoms with Crippen LogP contribution in [0, 0.1) is 6.92 Å². The zero-order chi connectivity index (χ0) is 16.1. The van der Waals surface area contributed by atoms with Crippen molar-refractivity contribution in [3.05, 3.63) is 29.0 Å². The maximum absolute atomic E-state index is 12.2. The van der Waals surface area contributed by atoms with Gasteiger partial charge in [-0.25, -0.2) is 4.79 Å². The molecule has 4 rings (SSSR count). The molecule has 2 aliphatic rings. The summed E-state index contributed by atoms with van der Waals surface area (Å²) in [6, 6.07) is 3.98. The van der Waals surface area contributed by atoms with E-state index in [-0.39, 0.29) is 12.8 Å². The second-order valence-corrected chi connectivity index (χ2v) is 6.23. The number of hydrogen-bond donors (Lipinski definition) is 0. The molecule has 6 heteroatoms. The van der Waals surface area contributed by atoms with Crippen molar-refractivity contribution in [3.8, 4) is 11.5 Å². The van der Waals surface area contributed by atoms with Crippen molar-refractivity contribution in [1.82, 2.24) is 14.8 Å². The Hall–Kier alpha value is -2.50. The van der Waals surface area contributed by atoms with Crippen LogP contribution < -0.4 is 9.47 Å². The van der Waals surface area contributed by atoms with Crippen LogP contribution in [0.4, 0.5) is 4.79 Å². The molecule has 0 bridgehead atoms. The van der Waals surface area contributed by atoms with Gasteiger partial charge in [0.2, 0.25) is 6.79 Å². The van der Waals surface area contributed by atoms with Gasteiger partial charge in [0.25, 0.3) is 0 Å².